The standard InChI is InChI=1S/C18H22FNO4/c1-17(16(22)23)5-8-20(12-17)15(21)18(6-9-24-10-7-18)13-3-2-4-14(19)11-13/h2-4,11H,5-10,12H2,1H3,(H,22,23)/t17-/m0/s1. The Bertz CT molecular complexity index is 656. The van der Waals surface area contributed by atoms with Crippen molar-refractivity contribution < 1.29 is 23.8 Å². The van der Waals surface area contributed by atoms with Gasteiger partial charge in [-0.15, -0.1) is 0 Å². The lowest BCUT2D eigenvalue weighted by molar-refractivity contribution is -0.148. The first-order valence-electron chi connectivity index (χ1n) is 8.24. The van der Waals surface area contributed by atoms with Gasteiger partial charge in [-0.05, 0) is 43.9 Å². The lowest BCUT2D eigenvalue weighted by atomic mass is 9.73. The summed E-state index contributed by atoms with van der Waals surface area (Å²) in [6.45, 7) is 3.15. The molecule has 2 saturated heterocycles. The van der Waals surface area contributed by atoms with Crippen LogP contribution in [0.1, 0.15) is 31.7 Å². The van der Waals surface area contributed by atoms with E-state index >= 15 is 0 Å². The number of carboxylic acids is 1. The van der Waals surface area contributed by atoms with Crippen molar-refractivity contribution in [2.24, 2.45) is 5.41 Å². The molecule has 0 aromatic heterocycles. The number of nitrogens with zero attached hydrogens (tertiary/aromatic N) is 1. The van der Waals surface area contributed by atoms with Crippen molar-refractivity contribution in [2.75, 3.05) is 26.3 Å². The van der Waals surface area contributed by atoms with Crippen LogP contribution in [0.2, 0.25) is 0 Å². The molecular formula is C18H22FNO4. The largest absolute Gasteiger partial charge is 0.481 e. The molecule has 1 atom stereocenters. The topological polar surface area (TPSA) is 66.8 Å². The first kappa shape index (κ1) is 16.9. The van der Waals surface area contributed by atoms with Crippen LogP contribution in [-0.4, -0.2) is 48.2 Å². The number of aliphatic carboxylic acids is 1. The highest BCUT2D eigenvalue weighted by molar-refractivity contribution is 5.89. The zero-order valence-electron chi connectivity index (χ0n) is 13.8. The molecule has 24 heavy (non-hydrogen) atoms. The highest BCUT2D eigenvalue weighted by Gasteiger charge is 2.49. The summed E-state index contributed by atoms with van der Waals surface area (Å²) in [7, 11) is 0. The first-order chi connectivity index (χ1) is 11.4. The molecule has 130 valence electrons. The van der Waals surface area contributed by atoms with Crippen LogP contribution in [0.3, 0.4) is 0 Å². The molecule has 5 nitrogen and oxygen atoms in total. The number of carbonyl (C=O) groups is 2. The van der Waals surface area contributed by atoms with E-state index in [1.807, 2.05) is 0 Å². The minimum atomic E-state index is -0.913. The molecule has 1 aromatic rings. The lowest BCUT2D eigenvalue weighted by Crippen LogP contribution is -2.50. The quantitative estimate of drug-likeness (QED) is 0.919. The first-order valence-corrected chi connectivity index (χ1v) is 8.24. The van der Waals surface area contributed by atoms with Crippen LogP contribution in [0.5, 0.6) is 0 Å². The van der Waals surface area contributed by atoms with Gasteiger partial charge < -0.3 is 14.7 Å². The molecule has 0 aliphatic carbocycles. The predicted molar refractivity (Wildman–Crippen MR) is 85.1 cm³/mol. The monoisotopic (exact) mass is 335 g/mol. The average molecular weight is 335 g/mol. The van der Waals surface area contributed by atoms with Gasteiger partial charge in [0.05, 0.1) is 10.8 Å². The van der Waals surface area contributed by atoms with Crippen molar-refractivity contribution in [3.8, 4) is 0 Å². The van der Waals surface area contributed by atoms with Gasteiger partial charge in [0.1, 0.15) is 5.82 Å². The molecule has 1 amide bonds. The summed E-state index contributed by atoms with van der Waals surface area (Å²) >= 11 is 0. The molecule has 1 aromatic carbocycles. The average Bonchev–Trinajstić information content (AvgIpc) is 2.98. The summed E-state index contributed by atoms with van der Waals surface area (Å²) in [4.78, 5) is 26.4. The Labute approximate surface area is 140 Å². The van der Waals surface area contributed by atoms with E-state index in [-0.39, 0.29) is 18.3 Å². The number of rotatable bonds is 3. The number of hydrogen-bond donors (Lipinski definition) is 1. The van der Waals surface area contributed by atoms with Gasteiger partial charge in [-0.2, -0.15) is 0 Å². The number of halogens is 1. The Kier molecular flexibility index (Phi) is 4.34. The summed E-state index contributed by atoms with van der Waals surface area (Å²) in [5.74, 6) is -1.37. The smallest absolute Gasteiger partial charge is 0.311 e. The van der Waals surface area contributed by atoms with E-state index in [2.05, 4.69) is 0 Å². The molecule has 0 saturated carbocycles. The lowest BCUT2D eigenvalue weighted by Gasteiger charge is -2.39. The number of hydrogen-bond acceptors (Lipinski definition) is 3. The fraction of sp³-hybridized carbons (Fsp3) is 0.556. The van der Waals surface area contributed by atoms with Crippen molar-refractivity contribution >= 4 is 11.9 Å². The Morgan fingerprint density at radius 2 is 1.96 bits per heavy atom. The number of amides is 1. The van der Waals surface area contributed by atoms with E-state index < -0.39 is 16.8 Å². The minimum Gasteiger partial charge on any atom is -0.481 e. The molecule has 2 fully saturated rings. The fourth-order valence-corrected chi connectivity index (χ4v) is 3.74. The second kappa shape index (κ2) is 6.16. The molecule has 0 spiro atoms. The molecule has 1 N–H and O–H groups in total. The van der Waals surface area contributed by atoms with Gasteiger partial charge in [0, 0.05) is 26.3 Å². The van der Waals surface area contributed by atoms with Gasteiger partial charge >= 0.3 is 5.97 Å². The zero-order chi connectivity index (χ0) is 17.4. The van der Waals surface area contributed by atoms with Crippen LogP contribution in [0.15, 0.2) is 24.3 Å². The van der Waals surface area contributed by atoms with Crippen molar-refractivity contribution in [3.63, 3.8) is 0 Å². The maximum Gasteiger partial charge on any atom is 0.311 e. The van der Waals surface area contributed by atoms with E-state index in [0.29, 0.717) is 44.6 Å². The Balaban J connectivity index is 1.92. The van der Waals surface area contributed by atoms with Crippen molar-refractivity contribution in [1.82, 2.24) is 4.90 Å². The van der Waals surface area contributed by atoms with Crippen molar-refractivity contribution in [2.45, 2.75) is 31.6 Å². The molecule has 0 unspecified atom stereocenters. The molecular weight excluding hydrogens is 313 g/mol. The summed E-state index contributed by atoms with van der Waals surface area (Å²) in [5, 5.41) is 9.39. The van der Waals surface area contributed by atoms with Gasteiger partial charge in [-0.3, -0.25) is 9.59 Å². The molecule has 0 bridgehead atoms. The van der Waals surface area contributed by atoms with E-state index in [4.69, 9.17) is 4.74 Å². The van der Waals surface area contributed by atoms with Crippen LogP contribution in [0.4, 0.5) is 4.39 Å². The van der Waals surface area contributed by atoms with Crippen LogP contribution in [-0.2, 0) is 19.7 Å². The number of benzene rings is 1. The van der Waals surface area contributed by atoms with E-state index in [1.54, 1.807) is 24.0 Å². The number of ether oxygens (including phenoxy) is 1. The van der Waals surface area contributed by atoms with Gasteiger partial charge in [-0.1, -0.05) is 12.1 Å². The zero-order valence-corrected chi connectivity index (χ0v) is 13.8. The summed E-state index contributed by atoms with van der Waals surface area (Å²) in [5.41, 5.74) is -1.09. The van der Waals surface area contributed by atoms with E-state index in [9.17, 15) is 19.1 Å². The second-order valence-corrected chi connectivity index (χ2v) is 7.05. The fourth-order valence-electron chi connectivity index (χ4n) is 3.74. The van der Waals surface area contributed by atoms with Crippen LogP contribution >= 0.6 is 0 Å². The molecule has 2 aliphatic heterocycles. The van der Waals surface area contributed by atoms with E-state index in [1.165, 1.54) is 12.1 Å². The Morgan fingerprint density at radius 1 is 1.25 bits per heavy atom. The highest BCUT2D eigenvalue weighted by Crippen LogP contribution is 2.40. The SMILES string of the molecule is C[C@]1(C(=O)O)CCN(C(=O)C2(c3cccc(F)c3)CCOCC2)C1. The van der Waals surface area contributed by atoms with Crippen LogP contribution in [0.25, 0.3) is 0 Å². The van der Waals surface area contributed by atoms with Crippen LogP contribution < -0.4 is 0 Å². The van der Waals surface area contributed by atoms with E-state index in [0.717, 1.165) is 0 Å². The third-order valence-corrected chi connectivity index (χ3v) is 5.41. The Morgan fingerprint density at radius 3 is 2.54 bits per heavy atom. The molecule has 0 radical (unpaired) electrons. The summed E-state index contributed by atoms with van der Waals surface area (Å²) < 4.78 is 19.1. The number of carboxylic acid groups (broad SMARTS) is 1. The number of carbonyl (C=O) groups excluding carboxylic acids is 1. The van der Waals surface area contributed by atoms with Gasteiger partial charge in [0.25, 0.3) is 0 Å². The minimum absolute atomic E-state index is 0.110. The normalized spacial score (nSPS) is 26.3. The van der Waals surface area contributed by atoms with Crippen LogP contribution in [0, 0.1) is 11.2 Å². The van der Waals surface area contributed by atoms with Gasteiger partial charge in [0.15, 0.2) is 0 Å². The summed E-state index contributed by atoms with van der Waals surface area (Å²) in [6, 6.07) is 6.16. The summed E-state index contributed by atoms with van der Waals surface area (Å²) in [6.07, 6.45) is 1.40. The third-order valence-electron chi connectivity index (χ3n) is 5.41. The highest BCUT2D eigenvalue weighted by atomic mass is 19.1. The molecule has 6 heteroatoms. The van der Waals surface area contributed by atoms with Gasteiger partial charge in [0.2, 0.25) is 5.91 Å². The Hall–Kier alpha value is -1.95. The molecule has 2 heterocycles. The third kappa shape index (κ3) is 2.79. The molecule has 3 rings (SSSR count). The van der Waals surface area contributed by atoms with Crippen molar-refractivity contribution in [1.29, 1.82) is 0 Å². The molecule has 2 aliphatic rings. The predicted octanol–water partition coefficient (Wildman–Crippen LogP) is 2.20. The van der Waals surface area contributed by atoms with Crippen molar-refractivity contribution in [3.05, 3.63) is 35.6 Å². The second-order valence-electron chi connectivity index (χ2n) is 7.05. The maximum atomic E-state index is 13.7. The van der Waals surface area contributed by atoms with Gasteiger partial charge in [-0.25, -0.2) is 4.39 Å². The maximum absolute atomic E-state index is 13.7. The number of likely N-dealkylation sites (tertiary alicyclic amines) is 1.